The third-order valence-electron chi connectivity index (χ3n) is 3.80. The first-order chi connectivity index (χ1) is 10.5. The molecule has 1 aromatic heterocycles. The number of aromatic nitrogens is 1. The Bertz CT molecular complexity index is 801. The number of hydrogen-bond donors (Lipinski definition) is 0. The van der Waals surface area contributed by atoms with Gasteiger partial charge in [0, 0.05) is 13.1 Å². The van der Waals surface area contributed by atoms with E-state index in [0.29, 0.717) is 16.3 Å². The van der Waals surface area contributed by atoms with Gasteiger partial charge in [-0.3, -0.25) is 0 Å². The van der Waals surface area contributed by atoms with Crippen LogP contribution < -0.4 is 0 Å². The van der Waals surface area contributed by atoms with Crippen molar-refractivity contribution in [3.05, 3.63) is 46.8 Å². The van der Waals surface area contributed by atoms with Gasteiger partial charge < -0.3 is 4.52 Å². The first-order valence-electron chi connectivity index (χ1n) is 7.51. The van der Waals surface area contributed by atoms with Gasteiger partial charge in [0.25, 0.3) is 0 Å². The molecule has 2 rings (SSSR count). The highest BCUT2D eigenvalue weighted by Gasteiger charge is 2.26. The van der Waals surface area contributed by atoms with Gasteiger partial charge in [0.15, 0.2) is 0 Å². The fourth-order valence-corrected chi connectivity index (χ4v) is 3.71. The number of aryl methyl sites for hydroxylation is 2. The summed E-state index contributed by atoms with van der Waals surface area (Å²) in [6.45, 7) is 9.97. The normalized spacial score (nSPS) is 12.8. The molecular weight excluding hydrogens is 312 g/mol. The van der Waals surface area contributed by atoms with E-state index in [4.69, 9.17) is 4.52 Å². The number of nitrogens with zero attached hydrogens (tertiary/aromatic N) is 2. The summed E-state index contributed by atoms with van der Waals surface area (Å²) in [5, 5.41) is 3.86. The van der Waals surface area contributed by atoms with Crippen LogP contribution in [0, 0.1) is 13.8 Å². The molecule has 0 unspecified atom stereocenters. The molecule has 0 aliphatic heterocycles. The Morgan fingerprint density at radius 1 is 1.17 bits per heavy atom. The van der Waals surface area contributed by atoms with Crippen LogP contribution in [-0.2, 0) is 22.0 Å². The minimum Gasteiger partial charge on any atom is -0.361 e. The van der Waals surface area contributed by atoms with Crippen LogP contribution in [-0.4, -0.2) is 24.9 Å². The Hall–Kier alpha value is -1.66. The SMILES string of the molecule is Cc1cc(CN(C)S(=O)(=O)c2cc(C(C)(C)C)ccc2C)no1. The van der Waals surface area contributed by atoms with Crippen molar-refractivity contribution in [3.8, 4) is 0 Å². The quantitative estimate of drug-likeness (QED) is 0.858. The molecule has 2 aromatic rings. The van der Waals surface area contributed by atoms with Gasteiger partial charge in [-0.1, -0.05) is 38.1 Å². The van der Waals surface area contributed by atoms with Crippen molar-refractivity contribution in [1.82, 2.24) is 9.46 Å². The van der Waals surface area contributed by atoms with Crippen molar-refractivity contribution >= 4 is 10.0 Å². The zero-order valence-electron chi connectivity index (χ0n) is 14.5. The maximum absolute atomic E-state index is 12.9. The fourth-order valence-electron chi connectivity index (χ4n) is 2.32. The van der Waals surface area contributed by atoms with Crippen LogP contribution in [0.3, 0.4) is 0 Å². The van der Waals surface area contributed by atoms with E-state index < -0.39 is 10.0 Å². The average molecular weight is 336 g/mol. The minimum atomic E-state index is -3.59. The minimum absolute atomic E-state index is 0.111. The van der Waals surface area contributed by atoms with Crippen molar-refractivity contribution in [2.24, 2.45) is 0 Å². The van der Waals surface area contributed by atoms with Crippen LogP contribution in [0.5, 0.6) is 0 Å². The van der Waals surface area contributed by atoms with Crippen molar-refractivity contribution in [3.63, 3.8) is 0 Å². The smallest absolute Gasteiger partial charge is 0.243 e. The highest BCUT2D eigenvalue weighted by molar-refractivity contribution is 7.89. The lowest BCUT2D eigenvalue weighted by Crippen LogP contribution is -2.27. The standard InChI is InChI=1S/C17H24N2O3S/c1-12-7-8-14(17(3,4)5)10-16(12)23(20,21)19(6)11-15-9-13(2)22-18-15/h7-10H,11H2,1-6H3. The molecule has 0 aliphatic rings. The van der Waals surface area contributed by atoms with Crippen LogP contribution in [0.15, 0.2) is 33.7 Å². The van der Waals surface area contributed by atoms with Crippen molar-refractivity contribution < 1.29 is 12.9 Å². The summed E-state index contributed by atoms with van der Waals surface area (Å²) >= 11 is 0. The first-order valence-corrected chi connectivity index (χ1v) is 8.95. The molecule has 0 atom stereocenters. The highest BCUT2D eigenvalue weighted by atomic mass is 32.2. The van der Waals surface area contributed by atoms with E-state index in [9.17, 15) is 8.42 Å². The molecule has 1 heterocycles. The van der Waals surface area contributed by atoms with Gasteiger partial charge >= 0.3 is 0 Å². The van der Waals surface area contributed by atoms with Crippen LogP contribution in [0.25, 0.3) is 0 Å². The van der Waals surface area contributed by atoms with E-state index in [1.165, 1.54) is 4.31 Å². The molecule has 23 heavy (non-hydrogen) atoms. The second kappa shape index (κ2) is 6.09. The second-order valence-corrected chi connectivity index (χ2v) is 8.93. The largest absolute Gasteiger partial charge is 0.361 e. The molecule has 0 amide bonds. The van der Waals surface area contributed by atoms with E-state index >= 15 is 0 Å². The van der Waals surface area contributed by atoms with E-state index in [2.05, 4.69) is 25.9 Å². The zero-order chi connectivity index (χ0) is 17.4. The molecule has 0 spiro atoms. The third kappa shape index (κ3) is 3.82. The lowest BCUT2D eigenvalue weighted by molar-refractivity contribution is 0.378. The maximum atomic E-state index is 12.9. The van der Waals surface area contributed by atoms with Gasteiger partial charge in [0.05, 0.1) is 17.1 Å². The predicted octanol–water partition coefficient (Wildman–Crippen LogP) is 3.41. The molecule has 0 bridgehead atoms. The Labute approximate surface area is 138 Å². The van der Waals surface area contributed by atoms with Gasteiger partial charge in [-0.2, -0.15) is 4.31 Å². The fraction of sp³-hybridized carbons (Fsp3) is 0.471. The van der Waals surface area contributed by atoms with Crippen molar-refractivity contribution in [2.45, 2.75) is 51.5 Å². The number of hydrogen-bond acceptors (Lipinski definition) is 4. The molecule has 0 saturated carbocycles. The molecule has 0 aliphatic carbocycles. The summed E-state index contributed by atoms with van der Waals surface area (Å²) in [5.74, 6) is 0.664. The van der Waals surface area contributed by atoms with E-state index in [0.717, 1.165) is 11.1 Å². The summed E-state index contributed by atoms with van der Waals surface area (Å²) in [5.41, 5.74) is 2.21. The molecule has 1 aromatic carbocycles. The van der Waals surface area contributed by atoms with Gasteiger partial charge in [0.2, 0.25) is 10.0 Å². The first kappa shape index (κ1) is 17.7. The molecule has 126 valence electrons. The summed E-state index contributed by atoms with van der Waals surface area (Å²) in [4.78, 5) is 0.340. The van der Waals surface area contributed by atoms with Crippen LogP contribution in [0.1, 0.15) is 43.4 Å². The van der Waals surface area contributed by atoms with E-state index in [1.54, 1.807) is 26.1 Å². The summed E-state index contributed by atoms with van der Waals surface area (Å²) in [6, 6.07) is 7.36. The van der Waals surface area contributed by atoms with E-state index in [1.807, 2.05) is 19.1 Å². The topological polar surface area (TPSA) is 63.4 Å². The summed E-state index contributed by atoms with van der Waals surface area (Å²) in [7, 11) is -2.03. The second-order valence-electron chi connectivity index (χ2n) is 6.92. The van der Waals surface area contributed by atoms with Gasteiger partial charge in [-0.25, -0.2) is 8.42 Å². The van der Waals surface area contributed by atoms with Crippen LogP contribution in [0.2, 0.25) is 0 Å². The average Bonchev–Trinajstić information content (AvgIpc) is 2.83. The van der Waals surface area contributed by atoms with E-state index in [-0.39, 0.29) is 12.0 Å². The molecule has 5 nitrogen and oxygen atoms in total. The molecule has 0 saturated heterocycles. The van der Waals surface area contributed by atoms with Gasteiger partial charge in [-0.15, -0.1) is 0 Å². The molecule has 6 heteroatoms. The molecule has 0 fully saturated rings. The Morgan fingerprint density at radius 2 is 1.83 bits per heavy atom. The van der Waals surface area contributed by atoms with Crippen LogP contribution >= 0.6 is 0 Å². The Morgan fingerprint density at radius 3 is 2.35 bits per heavy atom. The third-order valence-corrected chi connectivity index (χ3v) is 5.75. The molecular formula is C17H24N2O3S. The van der Waals surface area contributed by atoms with Gasteiger partial charge in [0.1, 0.15) is 5.76 Å². The Balaban J connectivity index is 2.38. The zero-order valence-corrected chi connectivity index (χ0v) is 15.4. The maximum Gasteiger partial charge on any atom is 0.243 e. The Kier molecular flexibility index (Phi) is 4.69. The summed E-state index contributed by atoms with van der Waals surface area (Å²) in [6.07, 6.45) is 0. The number of benzene rings is 1. The van der Waals surface area contributed by atoms with Crippen molar-refractivity contribution in [2.75, 3.05) is 7.05 Å². The number of rotatable bonds is 4. The lowest BCUT2D eigenvalue weighted by atomic mass is 9.87. The molecule has 0 radical (unpaired) electrons. The summed E-state index contributed by atoms with van der Waals surface area (Å²) < 4.78 is 32.1. The monoisotopic (exact) mass is 336 g/mol. The van der Waals surface area contributed by atoms with Gasteiger partial charge in [-0.05, 0) is 36.5 Å². The number of sulfonamides is 1. The lowest BCUT2D eigenvalue weighted by Gasteiger charge is -2.22. The highest BCUT2D eigenvalue weighted by Crippen LogP contribution is 2.28. The van der Waals surface area contributed by atoms with Crippen LogP contribution in [0.4, 0.5) is 0 Å². The predicted molar refractivity (Wildman–Crippen MR) is 89.8 cm³/mol. The molecule has 0 N–H and O–H groups in total. The van der Waals surface area contributed by atoms with Crippen molar-refractivity contribution in [1.29, 1.82) is 0 Å².